The standard InChI is InChI=1S/C14H20N4O3/c1-16-6-3-12-11(9-16)18(7-8-21-12)13(19)10-17-5-2-4-15-14(17)20/h2,4-5,11-12H,3,6-10H2,1H3. The normalized spacial score (nSPS) is 26.4. The Bertz CT molecular complexity index is 573. The van der Waals surface area contributed by atoms with Gasteiger partial charge < -0.3 is 14.5 Å². The number of morpholine rings is 1. The van der Waals surface area contributed by atoms with Crippen LogP contribution in [0, 0.1) is 0 Å². The Labute approximate surface area is 123 Å². The van der Waals surface area contributed by atoms with Crippen molar-refractivity contribution in [3.05, 3.63) is 28.9 Å². The average Bonchev–Trinajstić information content (AvgIpc) is 2.49. The van der Waals surface area contributed by atoms with Crippen LogP contribution in [-0.4, -0.2) is 70.7 Å². The van der Waals surface area contributed by atoms with Crippen molar-refractivity contribution in [3.8, 4) is 0 Å². The van der Waals surface area contributed by atoms with Crippen molar-refractivity contribution < 1.29 is 9.53 Å². The van der Waals surface area contributed by atoms with Crippen LogP contribution in [0.3, 0.4) is 0 Å². The summed E-state index contributed by atoms with van der Waals surface area (Å²) in [5.41, 5.74) is -0.392. The highest BCUT2D eigenvalue weighted by Crippen LogP contribution is 2.22. The molecule has 2 unspecified atom stereocenters. The Kier molecular flexibility index (Phi) is 4.03. The number of piperidine rings is 1. The molecule has 7 nitrogen and oxygen atoms in total. The topological polar surface area (TPSA) is 67.7 Å². The second kappa shape index (κ2) is 5.95. The quantitative estimate of drug-likeness (QED) is 0.712. The van der Waals surface area contributed by atoms with Gasteiger partial charge in [0.25, 0.3) is 0 Å². The second-order valence-electron chi connectivity index (χ2n) is 5.64. The number of fused-ring (bicyclic) bond motifs is 1. The van der Waals surface area contributed by atoms with Gasteiger partial charge in [-0.1, -0.05) is 0 Å². The van der Waals surface area contributed by atoms with Crippen molar-refractivity contribution in [3.63, 3.8) is 0 Å². The van der Waals surface area contributed by atoms with Gasteiger partial charge in [0, 0.05) is 32.0 Å². The summed E-state index contributed by atoms with van der Waals surface area (Å²) in [6.45, 7) is 3.00. The summed E-state index contributed by atoms with van der Waals surface area (Å²) in [6.07, 6.45) is 4.09. The first kappa shape index (κ1) is 14.2. The Morgan fingerprint density at radius 3 is 3.14 bits per heavy atom. The van der Waals surface area contributed by atoms with Crippen molar-refractivity contribution in [1.29, 1.82) is 0 Å². The fraction of sp³-hybridized carbons (Fsp3) is 0.643. The molecule has 3 rings (SSSR count). The van der Waals surface area contributed by atoms with Crippen LogP contribution in [-0.2, 0) is 16.1 Å². The number of ether oxygens (including phenoxy) is 1. The number of rotatable bonds is 2. The Morgan fingerprint density at radius 1 is 1.48 bits per heavy atom. The number of hydrogen-bond acceptors (Lipinski definition) is 5. The van der Waals surface area contributed by atoms with Crippen molar-refractivity contribution in [2.75, 3.05) is 33.3 Å². The molecule has 114 valence electrons. The van der Waals surface area contributed by atoms with Crippen molar-refractivity contribution in [2.45, 2.75) is 25.1 Å². The van der Waals surface area contributed by atoms with Crippen molar-refractivity contribution >= 4 is 5.91 Å². The third-order valence-corrected chi connectivity index (χ3v) is 4.20. The van der Waals surface area contributed by atoms with Crippen LogP contribution in [0.15, 0.2) is 23.3 Å². The van der Waals surface area contributed by atoms with Crippen molar-refractivity contribution in [1.82, 2.24) is 19.4 Å². The van der Waals surface area contributed by atoms with E-state index in [0.717, 1.165) is 19.5 Å². The van der Waals surface area contributed by atoms with Gasteiger partial charge in [0.05, 0.1) is 18.8 Å². The molecule has 0 bridgehead atoms. The zero-order valence-electron chi connectivity index (χ0n) is 12.1. The molecular weight excluding hydrogens is 272 g/mol. The summed E-state index contributed by atoms with van der Waals surface area (Å²) < 4.78 is 7.13. The summed E-state index contributed by atoms with van der Waals surface area (Å²) in [5.74, 6) is -0.0429. The van der Waals surface area contributed by atoms with Gasteiger partial charge in [-0.15, -0.1) is 0 Å². The van der Waals surface area contributed by atoms with E-state index >= 15 is 0 Å². The highest BCUT2D eigenvalue weighted by molar-refractivity contribution is 5.76. The maximum atomic E-state index is 12.5. The fourth-order valence-electron chi connectivity index (χ4n) is 3.08. The molecule has 1 aromatic rings. The number of likely N-dealkylation sites (tertiary alicyclic amines) is 1. The number of carbonyl (C=O) groups is 1. The van der Waals surface area contributed by atoms with Gasteiger partial charge in [-0.2, -0.15) is 0 Å². The number of carbonyl (C=O) groups excluding carboxylic acids is 1. The Morgan fingerprint density at radius 2 is 2.33 bits per heavy atom. The lowest BCUT2D eigenvalue weighted by Gasteiger charge is -2.46. The van der Waals surface area contributed by atoms with Gasteiger partial charge in [0.15, 0.2) is 0 Å². The van der Waals surface area contributed by atoms with Gasteiger partial charge in [-0.3, -0.25) is 9.36 Å². The first-order valence-electron chi connectivity index (χ1n) is 7.26. The van der Waals surface area contributed by atoms with Gasteiger partial charge in [0.1, 0.15) is 6.54 Å². The third-order valence-electron chi connectivity index (χ3n) is 4.20. The van der Waals surface area contributed by atoms with E-state index in [4.69, 9.17) is 4.74 Å². The Hall–Kier alpha value is -1.73. The average molecular weight is 292 g/mol. The zero-order valence-corrected chi connectivity index (χ0v) is 12.1. The fourth-order valence-corrected chi connectivity index (χ4v) is 3.08. The maximum absolute atomic E-state index is 12.5. The smallest absolute Gasteiger partial charge is 0.347 e. The molecule has 2 fully saturated rings. The molecule has 2 aliphatic heterocycles. The molecule has 1 amide bonds. The molecule has 2 saturated heterocycles. The van der Waals surface area contributed by atoms with E-state index in [9.17, 15) is 9.59 Å². The van der Waals surface area contributed by atoms with E-state index in [1.165, 1.54) is 10.8 Å². The third kappa shape index (κ3) is 2.98. The van der Waals surface area contributed by atoms with E-state index < -0.39 is 5.69 Å². The molecule has 0 aromatic carbocycles. The molecule has 0 saturated carbocycles. The van der Waals surface area contributed by atoms with Gasteiger partial charge in [0.2, 0.25) is 5.91 Å². The van der Waals surface area contributed by atoms with E-state index in [2.05, 4.69) is 16.9 Å². The maximum Gasteiger partial charge on any atom is 0.347 e. The first-order chi connectivity index (χ1) is 10.1. The van der Waals surface area contributed by atoms with Crippen LogP contribution >= 0.6 is 0 Å². The molecular formula is C14H20N4O3. The lowest BCUT2D eigenvalue weighted by molar-refractivity contribution is -0.152. The molecule has 2 aliphatic rings. The van der Waals surface area contributed by atoms with E-state index in [0.29, 0.717) is 13.2 Å². The molecule has 0 spiro atoms. The lowest BCUT2D eigenvalue weighted by Crippen LogP contribution is -2.61. The van der Waals surface area contributed by atoms with E-state index in [1.807, 2.05) is 4.90 Å². The minimum Gasteiger partial charge on any atom is -0.374 e. The number of nitrogens with zero attached hydrogens (tertiary/aromatic N) is 4. The monoisotopic (exact) mass is 292 g/mol. The number of likely N-dealkylation sites (N-methyl/N-ethyl adjacent to an activating group) is 1. The predicted molar refractivity (Wildman–Crippen MR) is 75.9 cm³/mol. The summed E-state index contributed by atoms with van der Waals surface area (Å²) in [4.78, 5) is 31.9. The minimum absolute atomic E-state index is 0.0413. The van der Waals surface area contributed by atoms with Crippen LogP contribution in [0.2, 0.25) is 0 Å². The number of aromatic nitrogens is 2. The second-order valence-corrected chi connectivity index (χ2v) is 5.64. The molecule has 0 aliphatic carbocycles. The molecule has 3 heterocycles. The van der Waals surface area contributed by atoms with Crippen molar-refractivity contribution in [2.24, 2.45) is 0 Å². The predicted octanol–water partition coefficient (Wildman–Crippen LogP) is -0.825. The van der Waals surface area contributed by atoms with Gasteiger partial charge in [-0.05, 0) is 19.5 Å². The molecule has 2 atom stereocenters. The van der Waals surface area contributed by atoms with Crippen LogP contribution in [0.25, 0.3) is 0 Å². The minimum atomic E-state index is -0.392. The SMILES string of the molecule is CN1CCC2OCCN(C(=O)Cn3cccnc3=O)C2C1. The van der Waals surface area contributed by atoms with E-state index in [-0.39, 0.29) is 24.6 Å². The Balaban J connectivity index is 1.74. The molecule has 0 N–H and O–H groups in total. The summed E-state index contributed by atoms with van der Waals surface area (Å²) in [5, 5.41) is 0. The molecule has 7 heteroatoms. The summed E-state index contributed by atoms with van der Waals surface area (Å²) in [6, 6.07) is 1.74. The highest BCUT2D eigenvalue weighted by atomic mass is 16.5. The summed E-state index contributed by atoms with van der Waals surface area (Å²) >= 11 is 0. The van der Waals surface area contributed by atoms with Crippen LogP contribution in [0.5, 0.6) is 0 Å². The van der Waals surface area contributed by atoms with Gasteiger partial charge in [-0.25, -0.2) is 9.78 Å². The molecule has 21 heavy (non-hydrogen) atoms. The van der Waals surface area contributed by atoms with Crippen LogP contribution in [0.4, 0.5) is 0 Å². The van der Waals surface area contributed by atoms with E-state index in [1.54, 1.807) is 12.3 Å². The van der Waals surface area contributed by atoms with Crippen LogP contribution in [0.1, 0.15) is 6.42 Å². The number of amides is 1. The van der Waals surface area contributed by atoms with Crippen LogP contribution < -0.4 is 5.69 Å². The lowest BCUT2D eigenvalue weighted by atomic mass is 9.99. The number of hydrogen-bond donors (Lipinski definition) is 0. The molecule has 0 radical (unpaired) electrons. The largest absolute Gasteiger partial charge is 0.374 e. The summed E-state index contributed by atoms with van der Waals surface area (Å²) in [7, 11) is 2.05. The first-order valence-corrected chi connectivity index (χ1v) is 7.26. The zero-order chi connectivity index (χ0) is 14.8. The van der Waals surface area contributed by atoms with Gasteiger partial charge >= 0.3 is 5.69 Å². The highest BCUT2D eigenvalue weighted by Gasteiger charge is 2.38. The molecule has 1 aromatic heterocycles.